The highest BCUT2D eigenvalue weighted by molar-refractivity contribution is 5.78. The molecular weight excluding hydrogens is 247 g/mol. The van der Waals surface area contributed by atoms with E-state index < -0.39 is 6.29 Å². The maximum absolute atomic E-state index is 12.9. The van der Waals surface area contributed by atoms with Crippen LogP contribution in [-0.4, -0.2) is 19.8 Å². The monoisotopic (exact) mass is 258 g/mol. The molecule has 19 heavy (non-hydrogen) atoms. The fourth-order valence-corrected chi connectivity index (χ4v) is 2.00. The Kier molecular flexibility index (Phi) is 2.77. The number of hydrogen-bond acceptors (Lipinski definition) is 3. The van der Waals surface area contributed by atoms with Gasteiger partial charge in [0.25, 0.3) is 0 Å². The van der Waals surface area contributed by atoms with Crippen LogP contribution in [0.1, 0.15) is 11.9 Å². The summed E-state index contributed by atoms with van der Waals surface area (Å²) in [7, 11) is 0. The van der Waals surface area contributed by atoms with Gasteiger partial charge < -0.3 is 10.2 Å². The van der Waals surface area contributed by atoms with Crippen molar-refractivity contribution in [1.82, 2.24) is 9.55 Å². The maximum Gasteiger partial charge on any atom is 0.178 e. The molecule has 5 heteroatoms. The van der Waals surface area contributed by atoms with Gasteiger partial charge >= 0.3 is 0 Å². The van der Waals surface area contributed by atoms with Crippen LogP contribution in [0.4, 0.5) is 4.39 Å². The molecule has 1 aromatic heterocycles. The smallest absolute Gasteiger partial charge is 0.178 e. The maximum atomic E-state index is 12.9. The third-order valence-corrected chi connectivity index (χ3v) is 2.97. The van der Waals surface area contributed by atoms with Crippen LogP contribution in [0.2, 0.25) is 0 Å². The van der Waals surface area contributed by atoms with Gasteiger partial charge in [0.05, 0.1) is 11.0 Å². The molecule has 0 radical (unpaired) electrons. The van der Waals surface area contributed by atoms with E-state index in [0.717, 1.165) is 11.2 Å². The van der Waals surface area contributed by atoms with Crippen molar-refractivity contribution in [2.45, 2.75) is 6.29 Å². The summed E-state index contributed by atoms with van der Waals surface area (Å²) in [4.78, 5) is 4.21. The first-order valence-corrected chi connectivity index (χ1v) is 5.74. The Bertz CT molecular complexity index is 720. The second-order valence-corrected chi connectivity index (χ2v) is 4.21. The molecule has 0 aliphatic rings. The van der Waals surface area contributed by atoms with Crippen molar-refractivity contribution in [2.75, 3.05) is 0 Å². The minimum absolute atomic E-state index is 0.293. The molecule has 4 nitrogen and oxygen atoms in total. The van der Waals surface area contributed by atoms with Gasteiger partial charge in [0.2, 0.25) is 0 Å². The van der Waals surface area contributed by atoms with Crippen molar-refractivity contribution in [2.24, 2.45) is 0 Å². The average Bonchev–Trinajstić information content (AvgIpc) is 2.82. The van der Waals surface area contributed by atoms with Crippen LogP contribution in [-0.2, 0) is 0 Å². The highest BCUT2D eigenvalue weighted by Crippen LogP contribution is 2.21. The number of aliphatic hydroxyl groups excluding tert-OH is 1. The molecule has 0 bridgehead atoms. The first kappa shape index (κ1) is 11.8. The van der Waals surface area contributed by atoms with Crippen LogP contribution in [0.15, 0.2) is 48.8 Å². The van der Waals surface area contributed by atoms with E-state index in [0.29, 0.717) is 11.1 Å². The van der Waals surface area contributed by atoms with Gasteiger partial charge in [-0.3, -0.25) is 4.57 Å². The molecule has 2 N–H and O–H groups in total. The summed E-state index contributed by atoms with van der Waals surface area (Å²) in [6, 6.07) is 11.1. The highest BCUT2D eigenvalue weighted by atomic mass is 19.1. The van der Waals surface area contributed by atoms with E-state index >= 15 is 0 Å². The molecule has 96 valence electrons. The van der Waals surface area contributed by atoms with Crippen LogP contribution in [0.25, 0.3) is 16.7 Å². The SMILES string of the molecule is OC(O)c1ccc2c(c1)ncn2-c1ccc(F)cc1. The fraction of sp³-hybridized carbons (Fsp3) is 0.0714. The highest BCUT2D eigenvalue weighted by Gasteiger charge is 2.08. The third-order valence-electron chi connectivity index (χ3n) is 2.97. The Labute approximate surface area is 108 Å². The predicted molar refractivity (Wildman–Crippen MR) is 68.2 cm³/mol. The van der Waals surface area contributed by atoms with E-state index in [2.05, 4.69) is 4.98 Å². The Morgan fingerprint density at radius 3 is 2.47 bits per heavy atom. The minimum atomic E-state index is -1.51. The molecule has 1 heterocycles. The van der Waals surface area contributed by atoms with Crippen molar-refractivity contribution in [1.29, 1.82) is 0 Å². The molecule has 0 unspecified atom stereocenters. The lowest BCUT2D eigenvalue weighted by Gasteiger charge is -2.06. The number of aromatic nitrogens is 2. The zero-order chi connectivity index (χ0) is 13.4. The van der Waals surface area contributed by atoms with Gasteiger partial charge in [0.15, 0.2) is 6.29 Å². The average molecular weight is 258 g/mol. The van der Waals surface area contributed by atoms with Crippen molar-refractivity contribution < 1.29 is 14.6 Å². The Hall–Kier alpha value is -2.24. The van der Waals surface area contributed by atoms with Crippen LogP contribution >= 0.6 is 0 Å². The molecule has 0 amide bonds. The number of nitrogens with zero attached hydrogens (tertiary/aromatic N) is 2. The van der Waals surface area contributed by atoms with E-state index in [-0.39, 0.29) is 5.82 Å². The van der Waals surface area contributed by atoms with Crippen molar-refractivity contribution in [3.8, 4) is 5.69 Å². The molecule has 0 aliphatic carbocycles. The van der Waals surface area contributed by atoms with Crippen molar-refractivity contribution in [3.05, 3.63) is 60.2 Å². The van der Waals surface area contributed by atoms with Crippen LogP contribution in [0.3, 0.4) is 0 Å². The van der Waals surface area contributed by atoms with Gasteiger partial charge in [-0.15, -0.1) is 0 Å². The predicted octanol–water partition coefficient (Wildman–Crippen LogP) is 2.15. The molecule has 0 aliphatic heterocycles. The molecule has 3 aromatic rings. The van der Waals surface area contributed by atoms with E-state index in [1.807, 2.05) is 4.57 Å². The van der Waals surface area contributed by atoms with Crippen molar-refractivity contribution >= 4 is 11.0 Å². The van der Waals surface area contributed by atoms with Gasteiger partial charge in [0.1, 0.15) is 12.1 Å². The van der Waals surface area contributed by atoms with Crippen LogP contribution < -0.4 is 0 Å². The number of aliphatic hydroxyl groups is 2. The summed E-state index contributed by atoms with van der Waals surface area (Å²) in [5.41, 5.74) is 2.64. The van der Waals surface area contributed by atoms with Gasteiger partial charge in [-0.1, -0.05) is 6.07 Å². The zero-order valence-electron chi connectivity index (χ0n) is 9.86. The van der Waals surface area contributed by atoms with E-state index in [1.165, 1.54) is 12.1 Å². The quantitative estimate of drug-likeness (QED) is 0.692. The number of rotatable bonds is 2. The van der Waals surface area contributed by atoms with Crippen LogP contribution in [0, 0.1) is 5.82 Å². The topological polar surface area (TPSA) is 58.3 Å². The minimum Gasteiger partial charge on any atom is -0.364 e. The molecule has 2 aromatic carbocycles. The third kappa shape index (κ3) is 2.09. The Balaban J connectivity index is 2.13. The Morgan fingerprint density at radius 2 is 1.79 bits per heavy atom. The zero-order valence-corrected chi connectivity index (χ0v) is 9.86. The first-order chi connectivity index (χ1) is 9.15. The summed E-state index contributed by atoms with van der Waals surface area (Å²) >= 11 is 0. The summed E-state index contributed by atoms with van der Waals surface area (Å²) < 4.78 is 14.7. The van der Waals surface area contributed by atoms with Crippen LogP contribution in [0.5, 0.6) is 0 Å². The fourth-order valence-electron chi connectivity index (χ4n) is 2.00. The van der Waals surface area contributed by atoms with E-state index in [4.69, 9.17) is 10.2 Å². The van der Waals surface area contributed by atoms with E-state index in [9.17, 15) is 4.39 Å². The molecular formula is C14H11FN2O2. The molecule has 0 fully saturated rings. The van der Waals surface area contributed by atoms with E-state index in [1.54, 1.807) is 36.7 Å². The second-order valence-electron chi connectivity index (χ2n) is 4.21. The number of halogens is 1. The van der Waals surface area contributed by atoms with Gasteiger partial charge in [0, 0.05) is 11.3 Å². The lowest BCUT2D eigenvalue weighted by atomic mass is 10.2. The van der Waals surface area contributed by atoms with Gasteiger partial charge in [-0.25, -0.2) is 9.37 Å². The van der Waals surface area contributed by atoms with Gasteiger partial charge in [-0.2, -0.15) is 0 Å². The standard InChI is InChI=1S/C14H11FN2O2/c15-10-2-4-11(5-3-10)17-8-16-12-7-9(14(18)19)1-6-13(12)17/h1-8,14,18-19H. The summed E-state index contributed by atoms with van der Waals surface area (Å²) in [5.74, 6) is -0.293. The molecule has 0 saturated carbocycles. The molecule has 0 atom stereocenters. The number of hydrogen-bond donors (Lipinski definition) is 2. The summed E-state index contributed by atoms with van der Waals surface area (Å²) in [6.07, 6.45) is 0.103. The largest absolute Gasteiger partial charge is 0.364 e. The first-order valence-electron chi connectivity index (χ1n) is 5.74. The number of imidazole rings is 1. The normalized spacial score (nSPS) is 11.4. The van der Waals surface area contributed by atoms with Gasteiger partial charge in [-0.05, 0) is 36.4 Å². The molecule has 0 spiro atoms. The summed E-state index contributed by atoms with van der Waals surface area (Å²) in [6.45, 7) is 0. The lowest BCUT2D eigenvalue weighted by Crippen LogP contribution is -1.95. The molecule has 0 saturated heterocycles. The molecule has 3 rings (SSSR count). The Morgan fingerprint density at radius 1 is 1.05 bits per heavy atom. The van der Waals surface area contributed by atoms with Crippen molar-refractivity contribution in [3.63, 3.8) is 0 Å². The second kappa shape index (κ2) is 4.46. The summed E-state index contributed by atoms with van der Waals surface area (Å²) in [5, 5.41) is 18.2. The lowest BCUT2D eigenvalue weighted by molar-refractivity contribution is -0.0423. The number of benzene rings is 2. The number of fused-ring (bicyclic) bond motifs is 1.